The first kappa shape index (κ1) is 11.5. The van der Waals surface area contributed by atoms with Gasteiger partial charge in [-0.3, -0.25) is 0 Å². The summed E-state index contributed by atoms with van der Waals surface area (Å²) in [5, 5.41) is 3.19. The van der Waals surface area contributed by atoms with Crippen molar-refractivity contribution in [2.24, 2.45) is 5.73 Å². The minimum atomic E-state index is -0.169. The van der Waals surface area contributed by atoms with Crippen molar-refractivity contribution in [1.82, 2.24) is 0 Å². The van der Waals surface area contributed by atoms with Crippen molar-refractivity contribution >= 4 is 22.3 Å². The lowest BCUT2D eigenvalue weighted by molar-refractivity contribution is 0.527. The van der Waals surface area contributed by atoms with Crippen LogP contribution < -0.4 is 5.73 Å². The maximum Gasteiger partial charge on any atom is 0.134 e. The average Bonchev–Trinajstić information content (AvgIpc) is 2.93. The number of hydrogen-bond acceptors (Lipinski definition) is 3. The fourth-order valence-electron chi connectivity index (χ4n) is 2.17. The van der Waals surface area contributed by atoms with Gasteiger partial charge in [-0.15, -0.1) is 11.3 Å². The summed E-state index contributed by atoms with van der Waals surface area (Å²) in [5.41, 5.74) is 9.64. The van der Waals surface area contributed by atoms with Crippen molar-refractivity contribution in [1.29, 1.82) is 0 Å². The van der Waals surface area contributed by atoms with Crippen LogP contribution in [0, 0.1) is 13.8 Å². The molecule has 0 saturated carbocycles. The Morgan fingerprint density at radius 2 is 2.00 bits per heavy atom. The Balaban J connectivity index is 2.07. The van der Waals surface area contributed by atoms with Crippen LogP contribution in [0.1, 0.15) is 27.8 Å². The Bertz CT molecular complexity index is 695. The van der Waals surface area contributed by atoms with E-state index in [0.29, 0.717) is 0 Å². The van der Waals surface area contributed by atoms with Gasteiger partial charge in [0.25, 0.3) is 0 Å². The molecule has 0 aliphatic carbocycles. The van der Waals surface area contributed by atoms with Crippen molar-refractivity contribution in [2.45, 2.75) is 19.9 Å². The molecule has 3 heteroatoms. The molecule has 0 fully saturated rings. The van der Waals surface area contributed by atoms with Gasteiger partial charge in [0.1, 0.15) is 11.3 Å². The number of fused-ring (bicyclic) bond motifs is 1. The van der Waals surface area contributed by atoms with Gasteiger partial charge >= 0.3 is 0 Å². The topological polar surface area (TPSA) is 39.2 Å². The molecule has 92 valence electrons. The van der Waals surface area contributed by atoms with E-state index in [9.17, 15) is 0 Å². The van der Waals surface area contributed by atoms with Crippen molar-refractivity contribution in [3.63, 3.8) is 0 Å². The Labute approximate surface area is 110 Å². The highest BCUT2D eigenvalue weighted by atomic mass is 32.1. The van der Waals surface area contributed by atoms with E-state index in [2.05, 4.69) is 37.4 Å². The molecule has 2 heterocycles. The molecule has 0 bridgehead atoms. The number of rotatable bonds is 2. The zero-order valence-electron chi connectivity index (χ0n) is 10.4. The third-order valence-electron chi connectivity index (χ3n) is 3.18. The molecular formula is C15H15NOS. The molecule has 1 unspecified atom stereocenters. The molecule has 0 aliphatic heterocycles. The van der Waals surface area contributed by atoms with Gasteiger partial charge in [0.2, 0.25) is 0 Å². The van der Waals surface area contributed by atoms with Gasteiger partial charge in [-0.1, -0.05) is 11.6 Å². The quantitative estimate of drug-likeness (QED) is 0.748. The number of furan rings is 1. The number of thiophene rings is 1. The minimum absolute atomic E-state index is 0.169. The third-order valence-corrected chi connectivity index (χ3v) is 4.28. The fraction of sp³-hybridized carbons (Fsp3) is 0.200. The summed E-state index contributed by atoms with van der Waals surface area (Å²) in [6.07, 6.45) is 0. The molecule has 0 saturated heterocycles. The number of nitrogens with two attached hydrogens (primary N) is 1. The summed E-state index contributed by atoms with van der Waals surface area (Å²) < 4.78 is 5.85. The van der Waals surface area contributed by atoms with Crippen LogP contribution in [-0.4, -0.2) is 0 Å². The van der Waals surface area contributed by atoms with Crippen molar-refractivity contribution < 1.29 is 4.42 Å². The molecule has 18 heavy (non-hydrogen) atoms. The number of benzene rings is 1. The molecule has 1 aromatic carbocycles. The van der Waals surface area contributed by atoms with Crippen LogP contribution in [0.15, 0.2) is 40.1 Å². The zero-order chi connectivity index (χ0) is 12.7. The van der Waals surface area contributed by atoms with Crippen LogP contribution in [0.25, 0.3) is 11.0 Å². The van der Waals surface area contributed by atoms with E-state index in [1.165, 1.54) is 16.0 Å². The van der Waals surface area contributed by atoms with E-state index in [0.717, 1.165) is 16.7 Å². The van der Waals surface area contributed by atoms with Gasteiger partial charge in [0, 0.05) is 10.3 Å². The van der Waals surface area contributed by atoms with Crippen LogP contribution in [-0.2, 0) is 0 Å². The summed E-state index contributed by atoms with van der Waals surface area (Å²) in [4.78, 5) is 1.17. The molecule has 3 rings (SSSR count). The second-order valence-electron chi connectivity index (χ2n) is 4.64. The summed E-state index contributed by atoms with van der Waals surface area (Å²) in [6, 6.07) is 10.1. The van der Waals surface area contributed by atoms with Gasteiger partial charge < -0.3 is 10.2 Å². The van der Waals surface area contributed by atoms with Gasteiger partial charge in [-0.05, 0) is 49.1 Å². The van der Waals surface area contributed by atoms with Gasteiger partial charge in [0.15, 0.2) is 0 Å². The van der Waals surface area contributed by atoms with E-state index in [4.69, 9.17) is 10.2 Å². The van der Waals surface area contributed by atoms with Crippen LogP contribution in [0.5, 0.6) is 0 Å². The second-order valence-corrected chi connectivity index (χ2v) is 5.58. The zero-order valence-corrected chi connectivity index (χ0v) is 11.3. The van der Waals surface area contributed by atoms with Crippen LogP contribution in [0.4, 0.5) is 0 Å². The normalized spacial score (nSPS) is 13.1. The largest absolute Gasteiger partial charge is 0.459 e. The molecule has 2 nitrogen and oxygen atoms in total. The Morgan fingerprint density at radius 1 is 1.17 bits per heavy atom. The molecule has 0 aliphatic rings. The first-order valence-electron chi connectivity index (χ1n) is 5.95. The summed E-state index contributed by atoms with van der Waals surface area (Å²) in [5.74, 6) is 0.834. The Morgan fingerprint density at radius 3 is 2.72 bits per heavy atom. The highest BCUT2D eigenvalue weighted by Gasteiger charge is 2.17. The monoisotopic (exact) mass is 257 g/mol. The number of hydrogen-bond donors (Lipinski definition) is 1. The summed E-state index contributed by atoms with van der Waals surface area (Å²) in [7, 11) is 0. The van der Waals surface area contributed by atoms with Gasteiger partial charge in [0.05, 0.1) is 6.04 Å². The molecule has 3 aromatic rings. The van der Waals surface area contributed by atoms with E-state index >= 15 is 0 Å². The van der Waals surface area contributed by atoms with Crippen LogP contribution >= 0.6 is 11.3 Å². The lowest BCUT2D eigenvalue weighted by Gasteiger charge is -2.07. The third kappa shape index (κ3) is 1.85. The lowest BCUT2D eigenvalue weighted by atomic mass is 10.1. The lowest BCUT2D eigenvalue weighted by Crippen LogP contribution is -2.10. The molecule has 0 amide bonds. The van der Waals surface area contributed by atoms with Crippen LogP contribution in [0.2, 0.25) is 0 Å². The maximum atomic E-state index is 6.28. The first-order chi connectivity index (χ1) is 8.65. The summed E-state index contributed by atoms with van der Waals surface area (Å²) >= 11 is 1.68. The second kappa shape index (κ2) is 4.26. The predicted molar refractivity (Wildman–Crippen MR) is 76.0 cm³/mol. The van der Waals surface area contributed by atoms with E-state index in [-0.39, 0.29) is 6.04 Å². The molecule has 0 spiro atoms. The standard InChI is InChI=1S/C15H15NOS/c1-9-3-4-12-11(7-9)8-13(17-12)14(16)15-10(2)5-6-18-15/h3-8,14H,16H2,1-2H3. The highest BCUT2D eigenvalue weighted by Crippen LogP contribution is 2.31. The molecule has 2 aromatic heterocycles. The minimum Gasteiger partial charge on any atom is -0.459 e. The van der Waals surface area contributed by atoms with Crippen molar-refractivity contribution in [3.05, 3.63) is 57.5 Å². The molecule has 2 N–H and O–H groups in total. The smallest absolute Gasteiger partial charge is 0.134 e. The average molecular weight is 257 g/mol. The van der Waals surface area contributed by atoms with E-state index in [1.54, 1.807) is 11.3 Å². The Hall–Kier alpha value is -1.58. The van der Waals surface area contributed by atoms with E-state index in [1.807, 2.05) is 12.1 Å². The maximum absolute atomic E-state index is 6.28. The predicted octanol–water partition coefficient (Wildman–Crippen LogP) is 4.16. The van der Waals surface area contributed by atoms with Crippen molar-refractivity contribution in [2.75, 3.05) is 0 Å². The molecule has 1 atom stereocenters. The summed E-state index contributed by atoms with van der Waals surface area (Å²) in [6.45, 7) is 4.16. The van der Waals surface area contributed by atoms with Gasteiger partial charge in [-0.2, -0.15) is 0 Å². The Kier molecular flexibility index (Phi) is 2.73. The number of aryl methyl sites for hydroxylation is 2. The van der Waals surface area contributed by atoms with E-state index < -0.39 is 0 Å². The highest BCUT2D eigenvalue weighted by molar-refractivity contribution is 7.10. The van der Waals surface area contributed by atoms with Gasteiger partial charge in [-0.25, -0.2) is 0 Å². The molecule has 0 radical (unpaired) electrons. The fourth-order valence-corrected chi connectivity index (χ4v) is 3.10. The molecular weight excluding hydrogens is 242 g/mol. The van der Waals surface area contributed by atoms with Crippen molar-refractivity contribution in [3.8, 4) is 0 Å². The first-order valence-corrected chi connectivity index (χ1v) is 6.83. The SMILES string of the molecule is Cc1ccc2oc(C(N)c3sccc3C)cc2c1. The van der Waals surface area contributed by atoms with Crippen LogP contribution in [0.3, 0.4) is 0 Å².